The Hall–Kier alpha value is -1.97. The Morgan fingerprint density at radius 3 is 3.00 bits per heavy atom. The first-order valence-electron chi connectivity index (χ1n) is 6.12. The monoisotopic (exact) mass is 281 g/mol. The topological polar surface area (TPSA) is 129 Å². The van der Waals surface area contributed by atoms with Gasteiger partial charge < -0.3 is 25.4 Å². The number of hydrogen-bond acceptors (Lipinski definition) is 8. The first kappa shape index (κ1) is 13.0. The number of ether oxygens (including phenoxy) is 2. The van der Waals surface area contributed by atoms with Gasteiger partial charge in [0.15, 0.2) is 11.2 Å². The van der Waals surface area contributed by atoms with Crippen molar-refractivity contribution in [3.8, 4) is 5.88 Å². The molecule has 0 radical (unpaired) electrons. The Kier molecular flexibility index (Phi) is 3.16. The Morgan fingerprint density at radius 2 is 2.35 bits per heavy atom. The van der Waals surface area contributed by atoms with Crippen molar-refractivity contribution in [1.29, 1.82) is 0 Å². The molecular formula is C11H15N5O4. The second-order valence-corrected chi connectivity index (χ2v) is 4.53. The zero-order valence-corrected chi connectivity index (χ0v) is 10.8. The number of nitrogens with zero attached hydrogens (tertiary/aromatic N) is 4. The van der Waals surface area contributed by atoms with Gasteiger partial charge in [-0.05, 0) is 0 Å². The van der Waals surface area contributed by atoms with Gasteiger partial charge in [-0.2, -0.15) is 9.97 Å². The van der Waals surface area contributed by atoms with Crippen molar-refractivity contribution in [2.45, 2.75) is 24.9 Å². The lowest BCUT2D eigenvalue weighted by Gasteiger charge is -2.13. The normalized spacial score (nSPS) is 26.2. The average molecular weight is 281 g/mol. The molecule has 1 fully saturated rings. The third kappa shape index (κ3) is 1.96. The number of nitrogens with two attached hydrogens (primary N) is 1. The summed E-state index contributed by atoms with van der Waals surface area (Å²) in [6.45, 7) is -0.245. The quantitative estimate of drug-likeness (QED) is 0.657. The van der Waals surface area contributed by atoms with Crippen molar-refractivity contribution < 1.29 is 19.7 Å². The number of hydrogen-bond donors (Lipinski definition) is 3. The lowest BCUT2D eigenvalue weighted by molar-refractivity contribution is -0.0432. The number of aromatic nitrogens is 4. The summed E-state index contributed by atoms with van der Waals surface area (Å²) in [5.41, 5.74) is 6.56. The molecule has 1 aliphatic heterocycles. The number of imidazole rings is 1. The lowest BCUT2D eigenvalue weighted by atomic mass is 10.2. The number of methoxy groups -OCH3 is 1. The Bertz CT molecular complexity index is 631. The van der Waals surface area contributed by atoms with Crippen LogP contribution in [0, 0.1) is 0 Å². The SMILES string of the molecule is COc1nc(N)nc2c1ncn2[C@H]1C[C@@H](O)[C@@H](CO)O1. The van der Waals surface area contributed by atoms with Crippen molar-refractivity contribution in [2.24, 2.45) is 0 Å². The Labute approximate surface area is 114 Å². The second-order valence-electron chi connectivity index (χ2n) is 4.53. The van der Waals surface area contributed by atoms with Crippen LogP contribution in [0.25, 0.3) is 11.2 Å². The first-order chi connectivity index (χ1) is 9.63. The van der Waals surface area contributed by atoms with Gasteiger partial charge in [0.1, 0.15) is 12.3 Å². The van der Waals surface area contributed by atoms with Crippen molar-refractivity contribution in [3.05, 3.63) is 6.33 Å². The van der Waals surface area contributed by atoms with E-state index in [1.165, 1.54) is 13.4 Å². The summed E-state index contributed by atoms with van der Waals surface area (Å²) < 4.78 is 12.3. The van der Waals surface area contributed by atoms with Crippen molar-refractivity contribution in [1.82, 2.24) is 19.5 Å². The van der Waals surface area contributed by atoms with Crippen molar-refractivity contribution >= 4 is 17.1 Å². The van der Waals surface area contributed by atoms with Gasteiger partial charge in [0.2, 0.25) is 11.8 Å². The molecule has 0 aliphatic carbocycles. The minimum Gasteiger partial charge on any atom is -0.479 e. The first-order valence-corrected chi connectivity index (χ1v) is 6.12. The highest BCUT2D eigenvalue weighted by atomic mass is 16.5. The van der Waals surface area contributed by atoms with E-state index in [1.807, 2.05) is 0 Å². The molecule has 3 atom stereocenters. The molecule has 2 aromatic heterocycles. The molecule has 108 valence electrons. The molecule has 4 N–H and O–H groups in total. The molecule has 0 saturated carbocycles. The molecule has 2 aromatic rings. The van der Waals surface area contributed by atoms with E-state index in [4.69, 9.17) is 20.3 Å². The fourth-order valence-corrected chi connectivity index (χ4v) is 2.31. The zero-order valence-electron chi connectivity index (χ0n) is 10.8. The van der Waals surface area contributed by atoms with Gasteiger partial charge in [-0.1, -0.05) is 0 Å². The van der Waals surface area contributed by atoms with Gasteiger partial charge in [0, 0.05) is 6.42 Å². The summed E-state index contributed by atoms with van der Waals surface area (Å²) in [4.78, 5) is 12.3. The third-order valence-electron chi connectivity index (χ3n) is 3.29. The molecule has 1 aliphatic rings. The van der Waals surface area contributed by atoms with Gasteiger partial charge in [-0.25, -0.2) is 4.98 Å². The molecule has 20 heavy (non-hydrogen) atoms. The largest absolute Gasteiger partial charge is 0.479 e. The molecule has 0 spiro atoms. The lowest BCUT2D eigenvalue weighted by Crippen LogP contribution is -2.24. The predicted molar refractivity (Wildman–Crippen MR) is 67.9 cm³/mol. The molecule has 0 amide bonds. The van der Waals surface area contributed by atoms with Crippen LogP contribution in [0.15, 0.2) is 6.33 Å². The van der Waals surface area contributed by atoms with E-state index in [1.54, 1.807) is 4.57 Å². The Morgan fingerprint density at radius 1 is 1.55 bits per heavy atom. The van der Waals surface area contributed by atoms with E-state index < -0.39 is 18.4 Å². The minimum atomic E-state index is -0.733. The number of rotatable bonds is 3. The maximum atomic E-state index is 9.78. The molecule has 0 unspecified atom stereocenters. The maximum absolute atomic E-state index is 9.78. The van der Waals surface area contributed by atoms with Crippen LogP contribution in [-0.4, -0.2) is 55.7 Å². The van der Waals surface area contributed by atoms with Crippen LogP contribution in [0.3, 0.4) is 0 Å². The summed E-state index contributed by atoms with van der Waals surface area (Å²) >= 11 is 0. The van der Waals surface area contributed by atoms with E-state index in [-0.39, 0.29) is 18.4 Å². The molecular weight excluding hydrogens is 266 g/mol. The van der Waals surface area contributed by atoms with Crippen LogP contribution < -0.4 is 10.5 Å². The third-order valence-corrected chi connectivity index (χ3v) is 3.29. The van der Waals surface area contributed by atoms with Crippen molar-refractivity contribution in [3.63, 3.8) is 0 Å². The van der Waals surface area contributed by atoms with Gasteiger partial charge >= 0.3 is 0 Å². The molecule has 0 aromatic carbocycles. The van der Waals surface area contributed by atoms with E-state index in [0.29, 0.717) is 17.6 Å². The van der Waals surface area contributed by atoms with E-state index in [2.05, 4.69) is 15.0 Å². The van der Waals surface area contributed by atoms with Gasteiger partial charge in [-0.15, -0.1) is 0 Å². The molecule has 3 rings (SSSR count). The highest BCUT2D eigenvalue weighted by molar-refractivity contribution is 5.77. The molecule has 9 heteroatoms. The summed E-state index contributed by atoms with van der Waals surface area (Å²) in [6, 6.07) is 0. The van der Waals surface area contributed by atoms with Crippen LogP contribution >= 0.6 is 0 Å². The summed E-state index contributed by atoms with van der Waals surface area (Å²) in [5, 5.41) is 18.9. The van der Waals surface area contributed by atoms with Crippen LogP contribution in [-0.2, 0) is 4.74 Å². The van der Waals surface area contributed by atoms with E-state index in [9.17, 15) is 5.11 Å². The van der Waals surface area contributed by atoms with Crippen LogP contribution in [0.4, 0.5) is 5.95 Å². The highest BCUT2D eigenvalue weighted by Gasteiger charge is 2.35. The molecule has 1 saturated heterocycles. The average Bonchev–Trinajstić information content (AvgIpc) is 3.00. The van der Waals surface area contributed by atoms with Crippen LogP contribution in [0.1, 0.15) is 12.6 Å². The molecule has 0 bridgehead atoms. The summed E-state index contributed by atoms with van der Waals surface area (Å²) in [7, 11) is 1.47. The number of anilines is 1. The standard InChI is InChI=1S/C11H15N5O4/c1-19-10-8-9(14-11(12)15-10)16(4-13-8)7-2-5(18)6(3-17)20-7/h4-7,17-18H,2-3H2,1H3,(H2,12,14,15)/t5-,6-,7-/m1/s1. The second kappa shape index (κ2) is 4.85. The maximum Gasteiger partial charge on any atom is 0.246 e. The number of nitrogen functional groups attached to an aromatic ring is 1. The highest BCUT2D eigenvalue weighted by Crippen LogP contribution is 2.32. The van der Waals surface area contributed by atoms with Gasteiger partial charge in [0.25, 0.3) is 0 Å². The molecule has 9 nitrogen and oxygen atoms in total. The van der Waals surface area contributed by atoms with Crippen LogP contribution in [0.2, 0.25) is 0 Å². The Balaban J connectivity index is 2.03. The fourth-order valence-electron chi connectivity index (χ4n) is 2.31. The number of fused-ring (bicyclic) bond motifs is 1. The van der Waals surface area contributed by atoms with E-state index in [0.717, 1.165) is 0 Å². The number of aliphatic hydroxyl groups excluding tert-OH is 2. The summed E-state index contributed by atoms with van der Waals surface area (Å²) in [6.07, 6.45) is 0.0506. The van der Waals surface area contributed by atoms with Gasteiger partial charge in [0.05, 0.1) is 26.1 Å². The molecule has 3 heterocycles. The summed E-state index contributed by atoms with van der Waals surface area (Å²) in [5.74, 6) is 0.344. The van der Waals surface area contributed by atoms with Crippen LogP contribution in [0.5, 0.6) is 5.88 Å². The fraction of sp³-hybridized carbons (Fsp3) is 0.545. The minimum absolute atomic E-state index is 0.0633. The van der Waals surface area contributed by atoms with Crippen molar-refractivity contribution in [2.75, 3.05) is 19.5 Å². The van der Waals surface area contributed by atoms with Gasteiger partial charge in [-0.3, -0.25) is 4.57 Å². The predicted octanol–water partition coefficient (Wildman–Crippen LogP) is -0.942. The van der Waals surface area contributed by atoms with E-state index >= 15 is 0 Å². The smallest absolute Gasteiger partial charge is 0.246 e. The number of aliphatic hydroxyl groups is 2. The zero-order chi connectivity index (χ0) is 14.3.